The monoisotopic (exact) mass is 257 g/mol. The largest absolute Gasteiger partial charge is 0.480 e. The molecule has 0 radical (unpaired) electrons. The fourth-order valence-corrected chi connectivity index (χ4v) is 2.84. The van der Waals surface area contributed by atoms with Gasteiger partial charge in [0.1, 0.15) is 5.54 Å². The van der Waals surface area contributed by atoms with Crippen LogP contribution < -0.4 is 5.32 Å². The number of methoxy groups -OCH3 is 1. The van der Waals surface area contributed by atoms with Crippen LogP contribution in [0.4, 0.5) is 0 Å². The van der Waals surface area contributed by atoms with E-state index in [1.165, 1.54) is 0 Å². The van der Waals surface area contributed by atoms with Gasteiger partial charge in [0.05, 0.1) is 6.61 Å². The van der Waals surface area contributed by atoms with Crippen LogP contribution in [0.1, 0.15) is 46.5 Å². The Kier molecular flexibility index (Phi) is 5.17. The molecule has 0 spiro atoms. The van der Waals surface area contributed by atoms with Gasteiger partial charge in [-0.1, -0.05) is 20.8 Å². The van der Waals surface area contributed by atoms with Crippen molar-refractivity contribution in [2.75, 3.05) is 20.3 Å². The van der Waals surface area contributed by atoms with Gasteiger partial charge in [-0.05, 0) is 37.0 Å². The second-order valence-electron chi connectivity index (χ2n) is 6.45. The van der Waals surface area contributed by atoms with Crippen LogP contribution in [0.25, 0.3) is 0 Å². The number of carboxylic acids is 1. The number of carbonyl (C=O) groups is 1. The van der Waals surface area contributed by atoms with Gasteiger partial charge in [0, 0.05) is 13.7 Å². The molecule has 106 valence electrons. The number of rotatable bonds is 5. The molecule has 0 unspecified atom stereocenters. The number of hydrogen-bond donors (Lipinski definition) is 2. The third kappa shape index (κ3) is 3.69. The number of hydrogen-bond acceptors (Lipinski definition) is 3. The van der Waals surface area contributed by atoms with E-state index in [4.69, 9.17) is 4.74 Å². The van der Waals surface area contributed by atoms with Crippen molar-refractivity contribution in [1.82, 2.24) is 5.32 Å². The van der Waals surface area contributed by atoms with E-state index < -0.39 is 11.5 Å². The van der Waals surface area contributed by atoms with Gasteiger partial charge in [-0.2, -0.15) is 0 Å². The smallest absolute Gasteiger partial charge is 0.323 e. The molecule has 0 aromatic rings. The summed E-state index contributed by atoms with van der Waals surface area (Å²) in [4.78, 5) is 11.5. The van der Waals surface area contributed by atoms with Crippen LogP contribution >= 0.6 is 0 Å². The van der Waals surface area contributed by atoms with Crippen LogP contribution in [-0.4, -0.2) is 36.9 Å². The average molecular weight is 257 g/mol. The van der Waals surface area contributed by atoms with E-state index in [1.807, 2.05) is 0 Å². The van der Waals surface area contributed by atoms with Gasteiger partial charge in [0.25, 0.3) is 0 Å². The van der Waals surface area contributed by atoms with Crippen LogP contribution in [0.3, 0.4) is 0 Å². The zero-order chi connectivity index (χ0) is 13.8. The molecule has 2 N–H and O–H groups in total. The van der Waals surface area contributed by atoms with Gasteiger partial charge in [-0.15, -0.1) is 0 Å². The molecule has 1 aliphatic carbocycles. The Balaban J connectivity index is 2.60. The van der Waals surface area contributed by atoms with E-state index in [-0.39, 0.29) is 5.41 Å². The minimum absolute atomic E-state index is 0.275. The summed E-state index contributed by atoms with van der Waals surface area (Å²) in [6.07, 6.45) is 3.40. The minimum Gasteiger partial charge on any atom is -0.480 e. The first kappa shape index (κ1) is 15.4. The Morgan fingerprint density at radius 2 is 1.94 bits per heavy atom. The second kappa shape index (κ2) is 6.02. The van der Waals surface area contributed by atoms with E-state index in [2.05, 4.69) is 26.1 Å². The van der Waals surface area contributed by atoms with Crippen LogP contribution in [0.15, 0.2) is 0 Å². The lowest BCUT2D eigenvalue weighted by atomic mass is 9.67. The van der Waals surface area contributed by atoms with Crippen molar-refractivity contribution >= 4 is 5.97 Å². The Bertz CT molecular complexity index is 275. The van der Waals surface area contributed by atoms with Gasteiger partial charge >= 0.3 is 5.97 Å². The number of aliphatic carboxylic acids is 1. The molecule has 1 aliphatic rings. The first-order chi connectivity index (χ1) is 8.32. The third-order valence-corrected chi connectivity index (χ3v) is 4.24. The van der Waals surface area contributed by atoms with E-state index in [9.17, 15) is 9.90 Å². The fourth-order valence-electron chi connectivity index (χ4n) is 2.84. The highest BCUT2D eigenvalue weighted by Crippen LogP contribution is 2.41. The summed E-state index contributed by atoms with van der Waals surface area (Å²) in [5.74, 6) is -0.0971. The van der Waals surface area contributed by atoms with E-state index in [0.29, 0.717) is 31.9 Å². The van der Waals surface area contributed by atoms with Gasteiger partial charge in [0.2, 0.25) is 0 Å². The summed E-state index contributed by atoms with van der Waals surface area (Å²) in [6.45, 7) is 7.87. The van der Waals surface area contributed by atoms with Crippen molar-refractivity contribution in [1.29, 1.82) is 0 Å². The maximum Gasteiger partial charge on any atom is 0.323 e. The SMILES string of the molecule is COCCNC1(C(=O)O)CCC(C(C)(C)C)CC1. The second-order valence-corrected chi connectivity index (χ2v) is 6.45. The van der Waals surface area contributed by atoms with E-state index >= 15 is 0 Å². The summed E-state index contributed by atoms with van der Waals surface area (Å²) in [7, 11) is 1.63. The summed E-state index contributed by atoms with van der Waals surface area (Å²) in [5, 5.41) is 12.7. The normalized spacial score (nSPS) is 29.2. The fraction of sp³-hybridized carbons (Fsp3) is 0.929. The lowest BCUT2D eigenvalue weighted by molar-refractivity contribution is -0.147. The highest BCUT2D eigenvalue weighted by molar-refractivity contribution is 5.78. The maximum atomic E-state index is 11.5. The maximum absolute atomic E-state index is 11.5. The molecule has 0 atom stereocenters. The zero-order valence-corrected chi connectivity index (χ0v) is 12.1. The molecule has 0 aromatic heterocycles. The molecule has 1 rings (SSSR count). The molecule has 0 saturated heterocycles. The van der Waals surface area contributed by atoms with Crippen molar-refractivity contribution in [2.24, 2.45) is 11.3 Å². The highest BCUT2D eigenvalue weighted by Gasteiger charge is 2.43. The Morgan fingerprint density at radius 1 is 1.39 bits per heavy atom. The van der Waals surface area contributed by atoms with Gasteiger partial charge in [0.15, 0.2) is 0 Å². The van der Waals surface area contributed by atoms with Crippen molar-refractivity contribution in [3.05, 3.63) is 0 Å². The summed E-state index contributed by atoms with van der Waals surface area (Å²) < 4.78 is 4.98. The quantitative estimate of drug-likeness (QED) is 0.742. The standard InChI is InChI=1S/C14H27NO3/c1-13(2,3)11-5-7-14(8-6-11,12(16)17)15-9-10-18-4/h11,15H,5-10H2,1-4H3,(H,16,17). The van der Waals surface area contributed by atoms with Crippen LogP contribution in [-0.2, 0) is 9.53 Å². The summed E-state index contributed by atoms with van der Waals surface area (Å²) >= 11 is 0. The molecule has 1 saturated carbocycles. The van der Waals surface area contributed by atoms with Crippen molar-refractivity contribution < 1.29 is 14.6 Å². The molecule has 0 aliphatic heterocycles. The molecule has 0 amide bonds. The van der Waals surface area contributed by atoms with E-state index in [1.54, 1.807) is 7.11 Å². The average Bonchev–Trinajstić information content (AvgIpc) is 2.28. The first-order valence-electron chi connectivity index (χ1n) is 6.79. The van der Waals surface area contributed by atoms with Gasteiger partial charge in [-0.25, -0.2) is 0 Å². The van der Waals surface area contributed by atoms with Gasteiger partial charge in [-0.3, -0.25) is 10.1 Å². The number of carboxylic acid groups (broad SMARTS) is 1. The van der Waals surface area contributed by atoms with Crippen LogP contribution in [0.5, 0.6) is 0 Å². The predicted octanol–water partition coefficient (Wildman–Crippen LogP) is 2.28. The lowest BCUT2D eigenvalue weighted by Crippen LogP contribution is -2.55. The molecule has 0 aromatic carbocycles. The van der Waals surface area contributed by atoms with Crippen molar-refractivity contribution in [2.45, 2.75) is 52.0 Å². The van der Waals surface area contributed by atoms with Crippen LogP contribution in [0.2, 0.25) is 0 Å². The molecule has 4 nitrogen and oxygen atoms in total. The van der Waals surface area contributed by atoms with Crippen LogP contribution in [0, 0.1) is 11.3 Å². The molecule has 18 heavy (non-hydrogen) atoms. The third-order valence-electron chi connectivity index (χ3n) is 4.24. The van der Waals surface area contributed by atoms with Crippen molar-refractivity contribution in [3.63, 3.8) is 0 Å². The van der Waals surface area contributed by atoms with E-state index in [0.717, 1.165) is 12.8 Å². The highest BCUT2D eigenvalue weighted by atomic mass is 16.5. The zero-order valence-electron chi connectivity index (χ0n) is 12.1. The minimum atomic E-state index is -0.736. The molecule has 1 fully saturated rings. The van der Waals surface area contributed by atoms with Gasteiger partial charge < -0.3 is 9.84 Å². The number of nitrogens with one attached hydrogen (secondary N) is 1. The van der Waals surface area contributed by atoms with Crippen molar-refractivity contribution in [3.8, 4) is 0 Å². The Morgan fingerprint density at radius 3 is 2.33 bits per heavy atom. The molecule has 0 bridgehead atoms. The lowest BCUT2D eigenvalue weighted by Gasteiger charge is -2.42. The summed E-state index contributed by atoms with van der Waals surface area (Å²) in [5.41, 5.74) is -0.461. The summed E-state index contributed by atoms with van der Waals surface area (Å²) in [6, 6.07) is 0. The topological polar surface area (TPSA) is 58.6 Å². The Hall–Kier alpha value is -0.610. The molecule has 0 heterocycles. The molecule has 4 heteroatoms. The number of ether oxygens (including phenoxy) is 1. The first-order valence-corrected chi connectivity index (χ1v) is 6.79. The molecular formula is C14H27NO3. The Labute approximate surface area is 110 Å². The predicted molar refractivity (Wildman–Crippen MR) is 71.7 cm³/mol. The molecular weight excluding hydrogens is 230 g/mol.